The van der Waals surface area contributed by atoms with Crippen LogP contribution in [-0.2, 0) is 21.2 Å². The fraction of sp³-hybridized carbons (Fsp3) is 0.278. The van der Waals surface area contributed by atoms with E-state index < -0.39 is 14.9 Å². The van der Waals surface area contributed by atoms with E-state index in [2.05, 4.69) is 5.32 Å². The minimum atomic E-state index is -3.75. The number of nitrogens with zero attached hydrogens (tertiary/aromatic N) is 2. The molecule has 2 aromatic carbocycles. The fourth-order valence-corrected chi connectivity index (χ4v) is 3.83. The van der Waals surface area contributed by atoms with Crippen LogP contribution in [0, 0.1) is 17.0 Å². The van der Waals surface area contributed by atoms with E-state index >= 15 is 0 Å². The number of hydrogen-bond donors (Lipinski definition) is 2. The van der Waals surface area contributed by atoms with Crippen LogP contribution in [0.25, 0.3) is 0 Å². The molecule has 3 N–H and O–H groups in total. The van der Waals surface area contributed by atoms with Gasteiger partial charge in [0.2, 0.25) is 15.9 Å². The lowest BCUT2D eigenvalue weighted by Crippen LogP contribution is -2.26. The van der Waals surface area contributed by atoms with Crippen LogP contribution in [0.4, 0.5) is 17.1 Å². The second-order valence-corrected chi connectivity index (χ2v) is 8.14. The van der Waals surface area contributed by atoms with Gasteiger partial charge in [0.15, 0.2) is 0 Å². The number of sulfonamides is 1. The van der Waals surface area contributed by atoms with E-state index in [0.29, 0.717) is 30.8 Å². The highest BCUT2D eigenvalue weighted by atomic mass is 32.2. The van der Waals surface area contributed by atoms with Crippen molar-refractivity contribution in [2.24, 2.45) is 5.14 Å². The van der Waals surface area contributed by atoms with Crippen LogP contribution in [0.1, 0.15) is 17.5 Å². The number of rotatable bonds is 6. The molecule has 0 bridgehead atoms. The molecule has 0 atom stereocenters. The van der Waals surface area contributed by atoms with Crippen molar-refractivity contribution < 1.29 is 18.1 Å². The average molecular weight is 404 g/mol. The zero-order valence-electron chi connectivity index (χ0n) is 15.2. The topological polar surface area (TPSA) is 136 Å². The van der Waals surface area contributed by atoms with Gasteiger partial charge in [0.1, 0.15) is 0 Å². The van der Waals surface area contributed by atoms with Gasteiger partial charge in [0, 0.05) is 31.3 Å². The highest BCUT2D eigenvalue weighted by Crippen LogP contribution is 2.30. The Balaban J connectivity index is 1.64. The van der Waals surface area contributed by atoms with Crippen LogP contribution in [-0.4, -0.2) is 32.3 Å². The van der Waals surface area contributed by atoms with Gasteiger partial charge in [0.05, 0.1) is 21.1 Å². The Morgan fingerprint density at radius 3 is 2.75 bits per heavy atom. The van der Waals surface area contributed by atoms with Gasteiger partial charge in [-0.3, -0.25) is 14.9 Å². The van der Waals surface area contributed by atoms with Gasteiger partial charge >= 0.3 is 0 Å². The zero-order chi connectivity index (χ0) is 20.5. The highest BCUT2D eigenvalue weighted by Gasteiger charge is 2.22. The molecule has 1 aliphatic rings. The summed E-state index contributed by atoms with van der Waals surface area (Å²) in [6.07, 6.45) is 0.864. The third kappa shape index (κ3) is 4.12. The van der Waals surface area contributed by atoms with E-state index in [9.17, 15) is 23.3 Å². The summed E-state index contributed by atoms with van der Waals surface area (Å²) in [4.78, 5) is 24.9. The number of nitro groups is 1. The van der Waals surface area contributed by atoms with Crippen LogP contribution in [0.15, 0.2) is 41.3 Å². The second kappa shape index (κ2) is 7.56. The van der Waals surface area contributed by atoms with Gasteiger partial charge in [-0.25, -0.2) is 13.6 Å². The number of carbonyl (C=O) groups excluding carboxylic acids is 1. The Morgan fingerprint density at radius 2 is 2.07 bits per heavy atom. The normalized spacial score (nSPS) is 13.3. The first-order valence-electron chi connectivity index (χ1n) is 8.61. The third-order valence-electron chi connectivity index (χ3n) is 4.76. The van der Waals surface area contributed by atoms with Crippen molar-refractivity contribution in [3.05, 3.63) is 57.6 Å². The molecule has 1 aliphatic heterocycles. The van der Waals surface area contributed by atoms with E-state index in [1.165, 1.54) is 18.2 Å². The molecule has 0 saturated heterocycles. The number of nitro benzene ring substituents is 1. The number of hydrogen-bond acceptors (Lipinski definition) is 6. The predicted octanol–water partition coefficient (Wildman–Crippen LogP) is 1.94. The van der Waals surface area contributed by atoms with Gasteiger partial charge in [-0.15, -0.1) is 0 Å². The number of amides is 1. The van der Waals surface area contributed by atoms with E-state index in [4.69, 9.17) is 5.14 Å². The van der Waals surface area contributed by atoms with E-state index in [-0.39, 0.29) is 22.9 Å². The van der Waals surface area contributed by atoms with Gasteiger partial charge in [0.25, 0.3) is 5.69 Å². The second-order valence-electron chi connectivity index (χ2n) is 6.58. The van der Waals surface area contributed by atoms with Crippen molar-refractivity contribution in [1.29, 1.82) is 0 Å². The molecule has 9 nitrogen and oxygen atoms in total. The molecule has 1 amide bonds. The Bertz CT molecular complexity index is 1050. The Labute approximate surface area is 162 Å². The molecule has 0 unspecified atom stereocenters. The maximum atomic E-state index is 12.3. The first kappa shape index (κ1) is 19.8. The lowest BCUT2D eigenvalue weighted by molar-refractivity contribution is -0.385. The van der Waals surface area contributed by atoms with Crippen LogP contribution in [0.2, 0.25) is 0 Å². The molecule has 148 valence electrons. The molecule has 3 rings (SSSR count). The predicted molar refractivity (Wildman–Crippen MR) is 105 cm³/mol. The SMILES string of the molecule is Cc1c(NC(=O)CCN2CCc3cc(S(N)(=O)=O)ccc32)cccc1[N+](=O)[O-]. The summed E-state index contributed by atoms with van der Waals surface area (Å²) < 4.78 is 22.9. The lowest BCUT2D eigenvalue weighted by Gasteiger charge is -2.19. The maximum absolute atomic E-state index is 12.3. The molecular weight excluding hydrogens is 384 g/mol. The molecule has 0 spiro atoms. The number of fused-ring (bicyclic) bond motifs is 1. The molecule has 28 heavy (non-hydrogen) atoms. The van der Waals surface area contributed by atoms with Crippen molar-refractivity contribution in [3.63, 3.8) is 0 Å². The maximum Gasteiger partial charge on any atom is 0.274 e. The number of nitrogens with two attached hydrogens (primary N) is 1. The largest absolute Gasteiger partial charge is 0.370 e. The number of benzene rings is 2. The summed E-state index contributed by atoms with van der Waals surface area (Å²) >= 11 is 0. The van der Waals surface area contributed by atoms with Gasteiger partial charge in [-0.05, 0) is 43.2 Å². The van der Waals surface area contributed by atoms with Crippen LogP contribution in [0.3, 0.4) is 0 Å². The van der Waals surface area contributed by atoms with Crippen LogP contribution < -0.4 is 15.4 Å². The monoisotopic (exact) mass is 404 g/mol. The van der Waals surface area contributed by atoms with Crippen LogP contribution in [0.5, 0.6) is 0 Å². The highest BCUT2D eigenvalue weighted by molar-refractivity contribution is 7.89. The molecule has 0 aromatic heterocycles. The van der Waals surface area contributed by atoms with Crippen molar-refractivity contribution in [2.45, 2.75) is 24.7 Å². The number of carbonyl (C=O) groups is 1. The van der Waals surface area contributed by atoms with Crippen molar-refractivity contribution >= 4 is 33.0 Å². The lowest BCUT2D eigenvalue weighted by atomic mass is 10.1. The molecule has 0 aliphatic carbocycles. The summed E-state index contributed by atoms with van der Waals surface area (Å²) in [6.45, 7) is 2.71. The minimum Gasteiger partial charge on any atom is -0.370 e. The number of primary sulfonamides is 1. The number of nitrogens with one attached hydrogen (secondary N) is 1. The molecule has 0 radical (unpaired) electrons. The number of anilines is 2. The molecule has 10 heteroatoms. The first-order valence-corrected chi connectivity index (χ1v) is 10.2. The van der Waals surface area contributed by atoms with Gasteiger partial charge in [-0.2, -0.15) is 0 Å². The molecule has 0 fully saturated rings. The zero-order valence-corrected chi connectivity index (χ0v) is 16.0. The van der Waals surface area contributed by atoms with Crippen molar-refractivity contribution in [3.8, 4) is 0 Å². The average Bonchev–Trinajstić information content (AvgIpc) is 3.03. The quantitative estimate of drug-likeness (QED) is 0.558. The van der Waals surface area contributed by atoms with Crippen LogP contribution >= 0.6 is 0 Å². The van der Waals surface area contributed by atoms with Gasteiger partial charge < -0.3 is 10.2 Å². The van der Waals surface area contributed by atoms with E-state index in [0.717, 1.165) is 11.3 Å². The Morgan fingerprint density at radius 1 is 1.32 bits per heavy atom. The molecule has 2 aromatic rings. The molecule has 1 heterocycles. The molecule has 0 saturated carbocycles. The Kier molecular flexibility index (Phi) is 5.34. The first-order chi connectivity index (χ1) is 13.2. The fourth-order valence-electron chi connectivity index (χ4n) is 3.26. The van der Waals surface area contributed by atoms with Crippen molar-refractivity contribution in [2.75, 3.05) is 23.3 Å². The van der Waals surface area contributed by atoms with E-state index in [1.807, 2.05) is 4.90 Å². The summed E-state index contributed by atoms with van der Waals surface area (Å²) in [5, 5.41) is 18.9. The molecular formula is C18H20N4O5S. The Hall–Kier alpha value is -2.98. The summed E-state index contributed by atoms with van der Waals surface area (Å²) in [6, 6.07) is 9.27. The summed E-state index contributed by atoms with van der Waals surface area (Å²) in [5.41, 5.74) is 2.53. The minimum absolute atomic E-state index is 0.0445. The third-order valence-corrected chi connectivity index (χ3v) is 5.67. The summed E-state index contributed by atoms with van der Waals surface area (Å²) in [7, 11) is -3.75. The van der Waals surface area contributed by atoms with E-state index in [1.54, 1.807) is 25.1 Å². The standard InChI is InChI=1S/C18H20N4O5S/c1-12-15(3-2-4-16(12)22(24)25)20-18(23)8-10-21-9-7-13-11-14(28(19,26)27)5-6-17(13)21/h2-6,11H,7-10H2,1H3,(H,20,23)(H2,19,26,27). The summed E-state index contributed by atoms with van der Waals surface area (Å²) in [5.74, 6) is -0.252. The van der Waals surface area contributed by atoms with Crippen molar-refractivity contribution in [1.82, 2.24) is 0 Å². The van der Waals surface area contributed by atoms with Gasteiger partial charge in [-0.1, -0.05) is 6.07 Å². The smallest absolute Gasteiger partial charge is 0.274 e.